The number of rotatable bonds is 4. The zero-order chi connectivity index (χ0) is 10.6. The maximum Gasteiger partial charge on any atom is 0.123 e. The highest BCUT2D eigenvalue weighted by atomic mass is 16.5. The summed E-state index contributed by atoms with van der Waals surface area (Å²) in [6.07, 6.45) is 1.35. The minimum atomic E-state index is 0.301. The van der Waals surface area contributed by atoms with Crippen molar-refractivity contribution in [2.24, 2.45) is 0 Å². The number of para-hydroxylation sites is 1. The molecule has 0 spiro atoms. The molecule has 0 saturated heterocycles. The maximum atomic E-state index is 5.86. The van der Waals surface area contributed by atoms with E-state index in [1.54, 1.807) is 0 Å². The molecule has 0 radical (unpaired) electrons. The number of hydrogen-bond acceptors (Lipinski definition) is 1. The van der Waals surface area contributed by atoms with Crippen LogP contribution in [0.3, 0.4) is 0 Å². The molecule has 0 aromatic heterocycles. The summed E-state index contributed by atoms with van der Waals surface area (Å²) in [5, 5.41) is 0. The monoisotopic (exact) mass is 192 g/mol. The van der Waals surface area contributed by atoms with E-state index in [-0.39, 0.29) is 0 Å². The number of ether oxygens (including phenoxy) is 1. The van der Waals surface area contributed by atoms with Crippen LogP contribution in [0.1, 0.15) is 45.6 Å². The lowest BCUT2D eigenvalue weighted by atomic mass is 10.0. The molecule has 1 heteroatoms. The van der Waals surface area contributed by atoms with Crippen LogP contribution in [0.15, 0.2) is 24.3 Å². The zero-order valence-corrected chi connectivity index (χ0v) is 9.58. The fourth-order valence-electron chi connectivity index (χ4n) is 1.36. The third-order valence-corrected chi connectivity index (χ3v) is 2.44. The average molecular weight is 192 g/mol. The van der Waals surface area contributed by atoms with Crippen molar-refractivity contribution in [1.82, 2.24) is 0 Å². The van der Waals surface area contributed by atoms with Crippen LogP contribution in [0.25, 0.3) is 0 Å². The van der Waals surface area contributed by atoms with E-state index in [4.69, 9.17) is 4.74 Å². The summed E-state index contributed by atoms with van der Waals surface area (Å²) in [6.45, 7) is 8.64. The van der Waals surface area contributed by atoms with E-state index < -0.39 is 0 Å². The Morgan fingerprint density at radius 3 is 2.36 bits per heavy atom. The molecule has 0 aliphatic heterocycles. The first kappa shape index (κ1) is 11.1. The first-order valence-corrected chi connectivity index (χ1v) is 5.40. The topological polar surface area (TPSA) is 9.23 Å². The van der Waals surface area contributed by atoms with Crippen molar-refractivity contribution in [2.75, 3.05) is 0 Å². The molecule has 1 atom stereocenters. The van der Waals surface area contributed by atoms with Gasteiger partial charge in [-0.1, -0.05) is 39.0 Å². The Morgan fingerprint density at radius 1 is 1.14 bits per heavy atom. The molecule has 14 heavy (non-hydrogen) atoms. The molecular formula is C13H20O. The Balaban J connectivity index is 2.84. The molecule has 0 aliphatic carbocycles. The van der Waals surface area contributed by atoms with Gasteiger partial charge < -0.3 is 4.74 Å². The van der Waals surface area contributed by atoms with Crippen molar-refractivity contribution in [2.45, 2.75) is 46.1 Å². The van der Waals surface area contributed by atoms with Gasteiger partial charge in [-0.15, -0.1) is 0 Å². The van der Waals surface area contributed by atoms with Gasteiger partial charge in [-0.3, -0.25) is 0 Å². The lowest BCUT2D eigenvalue weighted by Gasteiger charge is -2.17. The van der Waals surface area contributed by atoms with Crippen LogP contribution in [-0.2, 0) is 0 Å². The van der Waals surface area contributed by atoms with Crippen LogP contribution in [0.2, 0.25) is 0 Å². The van der Waals surface area contributed by atoms with Gasteiger partial charge in [-0.2, -0.15) is 0 Å². The fourth-order valence-corrected chi connectivity index (χ4v) is 1.36. The average Bonchev–Trinajstić information content (AvgIpc) is 2.18. The lowest BCUT2D eigenvalue weighted by molar-refractivity contribution is 0.214. The molecule has 1 aromatic carbocycles. The fraction of sp³-hybridized carbons (Fsp3) is 0.538. The maximum absolute atomic E-state index is 5.86. The highest BCUT2D eigenvalue weighted by Gasteiger charge is 2.08. The lowest BCUT2D eigenvalue weighted by Crippen LogP contribution is -2.11. The van der Waals surface area contributed by atoms with Crippen molar-refractivity contribution in [3.63, 3.8) is 0 Å². The van der Waals surface area contributed by atoms with Crippen LogP contribution in [-0.4, -0.2) is 6.10 Å². The third-order valence-electron chi connectivity index (χ3n) is 2.44. The van der Waals surface area contributed by atoms with Gasteiger partial charge in [0.15, 0.2) is 0 Å². The summed E-state index contributed by atoms with van der Waals surface area (Å²) >= 11 is 0. The summed E-state index contributed by atoms with van der Waals surface area (Å²) in [7, 11) is 0. The Hall–Kier alpha value is -0.980. The van der Waals surface area contributed by atoms with Gasteiger partial charge in [-0.05, 0) is 30.9 Å². The number of benzene rings is 1. The van der Waals surface area contributed by atoms with E-state index in [1.807, 2.05) is 6.07 Å². The second kappa shape index (κ2) is 5.04. The van der Waals surface area contributed by atoms with Crippen LogP contribution >= 0.6 is 0 Å². The van der Waals surface area contributed by atoms with Crippen molar-refractivity contribution in [3.05, 3.63) is 29.8 Å². The third kappa shape index (κ3) is 2.76. The van der Waals surface area contributed by atoms with E-state index in [0.717, 1.165) is 12.2 Å². The molecule has 1 nitrogen and oxygen atoms in total. The van der Waals surface area contributed by atoms with Crippen molar-refractivity contribution < 1.29 is 4.74 Å². The molecule has 78 valence electrons. The quantitative estimate of drug-likeness (QED) is 0.701. The zero-order valence-electron chi connectivity index (χ0n) is 9.58. The molecule has 0 saturated carbocycles. The van der Waals surface area contributed by atoms with E-state index >= 15 is 0 Å². The highest BCUT2D eigenvalue weighted by molar-refractivity contribution is 5.35. The summed E-state index contributed by atoms with van der Waals surface area (Å²) in [4.78, 5) is 0. The molecule has 0 fully saturated rings. The molecule has 0 bridgehead atoms. The molecular weight excluding hydrogens is 172 g/mol. The Bertz CT molecular complexity index is 278. The smallest absolute Gasteiger partial charge is 0.123 e. The minimum Gasteiger partial charge on any atom is -0.490 e. The van der Waals surface area contributed by atoms with Gasteiger partial charge >= 0.3 is 0 Å². The van der Waals surface area contributed by atoms with Gasteiger partial charge in [0, 0.05) is 0 Å². The molecule has 0 amide bonds. The molecule has 0 heterocycles. The van der Waals surface area contributed by atoms with E-state index in [2.05, 4.69) is 45.9 Å². The first-order chi connectivity index (χ1) is 6.65. The molecule has 1 rings (SSSR count). The van der Waals surface area contributed by atoms with Gasteiger partial charge in [0.2, 0.25) is 0 Å². The Kier molecular flexibility index (Phi) is 3.99. The second-order valence-corrected chi connectivity index (χ2v) is 4.03. The van der Waals surface area contributed by atoms with Gasteiger partial charge in [0.05, 0.1) is 6.10 Å². The summed E-state index contributed by atoms with van der Waals surface area (Å²) in [5.74, 6) is 1.56. The highest BCUT2D eigenvalue weighted by Crippen LogP contribution is 2.26. The number of hydrogen-bond donors (Lipinski definition) is 0. The van der Waals surface area contributed by atoms with Crippen LogP contribution in [0.4, 0.5) is 0 Å². The summed E-state index contributed by atoms with van der Waals surface area (Å²) in [5.41, 5.74) is 1.30. The predicted octanol–water partition coefficient (Wildman–Crippen LogP) is 3.99. The van der Waals surface area contributed by atoms with Gasteiger partial charge in [0.1, 0.15) is 5.75 Å². The second-order valence-electron chi connectivity index (χ2n) is 4.03. The Labute approximate surface area is 87.1 Å². The van der Waals surface area contributed by atoms with Crippen molar-refractivity contribution >= 4 is 0 Å². The van der Waals surface area contributed by atoms with Crippen LogP contribution in [0, 0.1) is 0 Å². The largest absolute Gasteiger partial charge is 0.490 e. The molecule has 0 aliphatic rings. The van der Waals surface area contributed by atoms with Gasteiger partial charge in [0.25, 0.3) is 0 Å². The van der Waals surface area contributed by atoms with Crippen molar-refractivity contribution in [1.29, 1.82) is 0 Å². The molecule has 1 unspecified atom stereocenters. The molecule has 0 N–H and O–H groups in total. The van der Waals surface area contributed by atoms with Gasteiger partial charge in [-0.25, -0.2) is 0 Å². The van der Waals surface area contributed by atoms with E-state index in [1.165, 1.54) is 5.56 Å². The molecule has 1 aromatic rings. The van der Waals surface area contributed by atoms with E-state index in [0.29, 0.717) is 12.0 Å². The predicted molar refractivity (Wildman–Crippen MR) is 60.9 cm³/mol. The summed E-state index contributed by atoms with van der Waals surface area (Å²) < 4.78 is 5.86. The van der Waals surface area contributed by atoms with E-state index in [9.17, 15) is 0 Å². The van der Waals surface area contributed by atoms with Crippen LogP contribution < -0.4 is 4.74 Å². The minimum absolute atomic E-state index is 0.301. The Morgan fingerprint density at radius 2 is 1.79 bits per heavy atom. The first-order valence-electron chi connectivity index (χ1n) is 5.40. The SMILES string of the molecule is CCC(C)Oc1ccccc1C(C)C. The standard InChI is InChI=1S/C13H20O/c1-5-11(4)14-13-9-7-6-8-12(13)10(2)3/h6-11H,5H2,1-4H3. The normalized spacial score (nSPS) is 12.9. The van der Waals surface area contributed by atoms with Crippen molar-refractivity contribution in [3.8, 4) is 5.75 Å². The summed E-state index contributed by atoms with van der Waals surface area (Å²) in [6, 6.07) is 8.30. The van der Waals surface area contributed by atoms with Crippen LogP contribution in [0.5, 0.6) is 5.75 Å².